The molecule has 0 bridgehead atoms. The van der Waals surface area contributed by atoms with Crippen LogP contribution in [0.5, 0.6) is 0 Å². The van der Waals surface area contributed by atoms with Gasteiger partial charge in [0, 0.05) is 25.0 Å². The fourth-order valence-electron chi connectivity index (χ4n) is 1.97. The molecule has 5 nitrogen and oxygen atoms in total. The molecule has 1 unspecified atom stereocenters. The van der Waals surface area contributed by atoms with Gasteiger partial charge in [0.15, 0.2) is 0 Å². The molecular weight excluding hydrogens is 320 g/mol. The van der Waals surface area contributed by atoms with Crippen LogP contribution in [-0.4, -0.2) is 47.0 Å². The summed E-state index contributed by atoms with van der Waals surface area (Å²) in [6, 6.07) is 3.86. The summed E-state index contributed by atoms with van der Waals surface area (Å²) < 4.78 is 1.03. The standard InChI is InChI=1S/C11H13BrN2O3S/c1-13-7(8-2-3-9(12)18-8)6-14(11(13)17)5-4-10(15)16/h2-3,7H,4-6H2,1H3,(H,15,16). The number of nitrogens with zero attached hydrogens (tertiary/aromatic N) is 2. The van der Waals surface area contributed by atoms with Gasteiger partial charge < -0.3 is 14.9 Å². The summed E-state index contributed by atoms with van der Waals surface area (Å²) >= 11 is 5.00. The van der Waals surface area contributed by atoms with E-state index in [0.717, 1.165) is 8.66 Å². The Balaban J connectivity index is 2.07. The third-order valence-electron chi connectivity index (χ3n) is 2.95. The molecule has 1 N–H and O–H groups in total. The van der Waals surface area contributed by atoms with Crippen LogP contribution in [0.1, 0.15) is 17.3 Å². The van der Waals surface area contributed by atoms with Crippen molar-refractivity contribution in [2.24, 2.45) is 0 Å². The van der Waals surface area contributed by atoms with Crippen molar-refractivity contribution >= 4 is 39.3 Å². The topological polar surface area (TPSA) is 60.9 Å². The number of likely N-dealkylation sites (N-methyl/N-ethyl adjacent to an activating group) is 1. The van der Waals surface area contributed by atoms with Gasteiger partial charge in [-0.15, -0.1) is 11.3 Å². The summed E-state index contributed by atoms with van der Waals surface area (Å²) in [6.45, 7) is 0.817. The van der Waals surface area contributed by atoms with E-state index in [-0.39, 0.29) is 25.0 Å². The van der Waals surface area contributed by atoms with Crippen LogP contribution < -0.4 is 0 Å². The number of rotatable bonds is 4. The van der Waals surface area contributed by atoms with E-state index in [4.69, 9.17) is 5.11 Å². The Kier molecular flexibility index (Phi) is 3.91. The predicted octanol–water partition coefficient (Wildman–Crippen LogP) is 2.39. The van der Waals surface area contributed by atoms with Crippen LogP contribution in [0, 0.1) is 0 Å². The van der Waals surface area contributed by atoms with Gasteiger partial charge in [0.2, 0.25) is 0 Å². The van der Waals surface area contributed by atoms with Crippen molar-refractivity contribution in [1.29, 1.82) is 0 Å². The zero-order valence-electron chi connectivity index (χ0n) is 9.80. The Morgan fingerprint density at radius 2 is 2.33 bits per heavy atom. The minimum Gasteiger partial charge on any atom is -0.481 e. The third-order valence-corrected chi connectivity index (χ3v) is 4.68. The first-order valence-corrected chi connectivity index (χ1v) is 7.08. The monoisotopic (exact) mass is 332 g/mol. The normalized spacial score (nSPS) is 19.7. The van der Waals surface area contributed by atoms with Gasteiger partial charge in [-0.3, -0.25) is 4.79 Å². The second-order valence-corrected chi connectivity index (χ2v) is 6.64. The second-order valence-electron chi connectivity index (χ2n) is 4.14. The number of hydrogen-bond donors (Lipinski definition) is 1. The lowest BCUT2D eigenvalue weighted by atomic mass is 10.2. The summed E-state index contributed by atoms with van der Waals surface area (Å²) in [5.74, 6) is -0.882. The summed E-state index contributed by atoms with van der Waals surface area (Å²) in [6.07, 6.45) is -0.0135. The number of carbonyl (C=O) groups is 2. The smallest absolute Gasteiger partial charge is 0.320 e. The first-order chi connectivity index (χ1) is 8.49. The van der Waals surface area contributed by atoms with E-state index >= 15 is 0 Å². The molecule has 1 atom stereocenters. The van der Waals surface area contributed by atoms with E-state index < -0.39 is 5.97 Å². The fraction of sp³-hybridized carbons (Fsp3) is 0.455. The first-order valence-electron chi connectivity index (χ1n) is 5.48. The molecule has 0 radical (unpaired) electrons. The molecular formula is C11H13BrN2O3S. The van der Waals surface area contributed by atoms with Gasteiger partial charge in [-0.05, 0) is 28.1 Å². The molecule has 1 aliphatic rings. The number of carboxylic acid groups (broad SMARTS) is 1. The quantitative estimate of drug-likeness (QED) is 0.920. The lowest BCUT2D eigenvalue weighted by molar-refractivity contribution is -0.137. The highest BCUT2D eigenvalue weighted by atomic mass is 79.9. The van der Waals surface area contributed by atoms with E-state index in [0.29, 0.717) is 6.54 Å². The van der Waals surface area contributed by atoms with Gasteiger partial charge in [0.25, 0.3) is 0 Å². The highest BCUT2D eigenvalue weighted by Gasteiger charge is 2.36. The summed E-state index contributed by atoms with van der Waals surface area (Å²) in [5, 5.41) is 8.66. The molecule has 1 aliphatic heterocycles. The van der Waals surface area contributed by atoms with Crippen LogP contribution in [0.25, 0.3) is 0 Å². The van der Waals surface area contributed by atoms with Crippen molar-refractivity contribution in [2.75, 3.05) is 20.1 Å². The number of halogens is 1. The molecule has 7 heteroatoms. The number of hydrogen-bond acceptors (Lipinski definition) is 3. The molecule has 1 saturated heterocycles. The average molecular weight is 333 g/mol. The molecule has 0 spiro atoms. The number of carbonyl (C=O) groups excluding carboxylic acids is 1. The minimum atomic E-state index is -0.882. The van der Waals surface area contributed by atoms with Gasteiger partial charge in [-0.2, -0.15) is 0 Å². The number of carboxylic acids is 1. The maximum absolute atomic E-state index is 12.0. The van der Waals surface area contributed by atoms with Crippen LogP contribution in [0.2, 0.25) is 0 Å². The van der Waals surface area contributed by atoms with Crippen molar-refractivity contribution < 1.29 is 14.7 Å². The van der Waals surface area contributed by atoms with Crippen LogP contribution in [-0.2, 0) is 4.79 Å². The van der Waals surface area contributed by atoms with Crippen LogP contribution in [0.3, 0.4) is 0 Å². The molecule has 2 heterocycles. The summed E-state index contributed by atoms with van der Waals surface area (Å²) in [4.78, 5) is 26.9. The lowest BCUT2D eigenvalue weighted by Crippen LogP contribution is -2.31. The van der Waals surface area contributed by atoms with Gasteiger partial charge in [-0.1, -0.05) is 0 Å². The van der Waals surface area contributed by atoms with Gasteiger partial charge in [-0.25, -0.2) is 4.79 Å². The van der Waals surface area contributed by atoms with Crippen molar-refractivity contribution in [2.45, 2.75) is 12.5 Å². The zero-order valence-corrected chi connectivity index (χ0v) is 12.2. The molecule has 0 aromatic carbocycles. The Labute approximate surface area is 117 Å². The van der Waals surface area contributed by atoms with E-state index in [1.54, 1.807) is 28.2 Å². The summed E-state index contributed by atoms with van der Waals surface area (Å²) in [5.41, 5.74) is 0. The first kappa shape index (κ1) is 13.4. The average Bonchev–Trinajstić information content (AvgIpc) is 2.84. The highest BCUT2D eigenvalue weighted by molar-refractivity contribution is 9.11. The van der Waals surface area contributed by atoms with E-state index in [1.807, 2.05) is 12.1 Å². The highest BCUT2D eigenvalue weighted by Crippen LogP contribution is 2.34. The predicted molar refractivity (Wildman–Crippen MR) is 71.7 cm³/mol. The maximum Gasteiger partial charge on any atom is 0.320 e. The lowest BCUT2D eigenvalue weighted by Gasteiger charge is -2.15. The number of urea groups is 1. The Hall–Kier alpha value is -1.08. The molecule has 18 heavy (non-hydrogen) atoms. The molecule has 1 aromatic heterocycles. The minimum absolute atomic E-state index is 0.0135. The van der Waals surface area contributed by atoms with E-state index in [1.165, 1.54) is 0 Å². The molecule has 1 fully saturated rings. The fourth-order valence-corrected chi connectivity index (χ4v) is 3.53. The van der Waals surface area contributed by atoms with Crippen molar-refractivity contribution in [3.63, 3.8) is 0 Å². The van der Waals surface area contributed by atoms with Crippen LogP contribution >= 0.6 is 27.3 Å². The summed E-state index contributed by atoms with van der Waals surface area (Å²) in [7, 11) is 1.75. The molecule has 98 valence electrons. The van der Waals surface area contributed by atoms with Gasteiger partial charge >= 0.3 is 12.0 Å². The molecule has 0 saturated carbocycles. The van der Waals surface area contributed by atoms with Crippen LogP contribution in [0.15, 0.2) is 15.9 Å². The van der Waals surface area contributed by atoms with E-state index in [2.05, 4.69) is 15.9 Å². The third kappa shape index (κ3) is 2.67. The number of amides is 2. The Morgan fingerprint density at radius 3 is 2.89 bits per heavy atom. The van der Waals surface area contributed by atoms with Gasteiger partial charge in [0.05, 0.1) is 16.2 Å². The molecule has 0 aliphatic carbocycles. The van der Waals surface area contributed by atoms with Gasteiger partial charge in [0.1, 0.15) is 0 Å². The SMILES string of the molecule is CN1C(=O)N(CCC(=O)O)CC1c1ccc(Br)s1. The molecule has 2 amide bonds. The zero-order chi connectivity index (χ0) is 13.3. The number of thiophene rings is 1. The molecule has 1 aromatic rings. The molecule has 2 rings (SSSR count). The van der Waals surface area contributed by atoms with E-state index in [9.17, 15) is 9.59 Å². The van der Waals surface area contributed by atoms with Crippen molar-refractivity contribution in [3.8, 4) is 0 Å². The van der Waals surface area contributed by atoms with Crippen LogP contribution in [0.4, 0.5) is 4.79 Å². The van der Waals surface area contributed by atoms with Crippen molar-refractivity contribution in [1.82, 2.24) is 9.80 Å². The van der Waals surface area contributed by atoms with Crippen molar-refractivity contribution in [3.05, 3.63) is 20.8 Å². The number of aliphatic carboxylic acids is 1. The maximum atomic E-state index is 12.0. The largest absolute Gasteiger partial charge is 0.481 e. The Morgan fingerprint density at radius 1 is 1.61 bits per heavy atom. The second kappa shape index (κ2) is 5.27. The Bertz CT molecular complexity index is 477.